The van der Waals surface area contributed by atoms with Gasteiger partial charge in [-0.1, -0.05) is 6.92 Å². The van der Waals surface area contributed by atoms with Crippen molar-refractivity contribution in [2.45, 2.75) is 23.5 Å². The maximum atomic E-state index is 8.94. The number of nitrogens with zero attached hydrogens (tertiary/aromatic N) is 5. The van der Waals surface area contributed by atoms with Crippen molar-refractivity contribution in [2.75, 3.05) is 5.84 Å². The van der Waals surface area contributed by atoms with Crippen LogP contribution >= 0.6 is 11.8 Å². The lowest BCUT2D eigenvalue weighted by molar-refractivity contribution is 0.795. The van der Waals surface area contributed by atoms with Gasteiger partial charge in [-0.2, -0.15) is 5.26 Å². The Labute approximate surface area is 102 Å². The topological polar surface area (TPSA) is 93.4 Å². The molecule has 0 spiro atoms. The molecule has 2 aromatic heterocycles. The van der Waals surface area contributed by atoms with Gasteiger partial charge in [-0.05, 0) is 23.9 Å². The molecule has 0 aliphatic heterocycles. The van der Waals surface area contributed by atoms with Crippen LogP contribution in [0, 0.1) is 11.3 Å². The predicted octanol–water partition coefficient (Wildman–Crippen LogP) is 0.972. The van der Waals surface area contributed by atoms with Gasteiger partial charge in [0, 0.05) is 12.6 Å². The standard InChI is InChI=1S/C10H10N6S/c1-2-8-14-15-10(16(8)12)17-9-7(6-11)4-3-5-13-9/h3-5H,2,12H2,1H3. The molecular weight excluding hydrogens is 236 g/mol. The molecule has 2 heterocycles. The van der Waals surface area contributed by atoms with Crippen LogP contribution in [0.1, 0.15) is 18.3 Å². The molecule has 17 heavy (non-hydrogen) atoms. The zero-order valence-corrected chi connectivity index (χ0v) is 9.98. The van der Waals surface area contributed by atoms with E-state index < -0.39 is 0 Å². The van der Waals surface area contributed by atoms with Crippen LogP contribution in [-0.4, -0.2) is 19.9 Å². The van der Waals surface area contributed by atoms with Crippen molar-refractivity contribution in [3.8, 4) is 6.07 Å². The summed E-state index contributed by atoms with van der Waals surface area (Å²) in [6, 6.07) is 5.49. The third-order valence-corrected chi connectivity index (χ3v) is 3.11. The Morgan fingerprint density at radius 3 is 3.00 bits per heavy atom. The van der Waals surface area contributed by atoms with Gasteiger partial charge in [0.15, 0.2) is 5.82 Å². The zero-order valence-electron chi connectivity index (χ0n) is 9.16. The Kier molecular flexibility index (Phi) is 3.25. The molecule has 2 aromatic rings. The fourth-order valence-electron chi connectivity index (χ4n) is 1.26. The van der Waals surface area contributed by atoms with E-state index in [2.05, 4.69) is 21.3 Å². The lowest BCUT2D eigenvalue weighted by Crippen LogP contribution is -2.13. The highest BCUT2D eigenvalue weighted by Gasteiger charge is 2.12. The minimum atomic E-state index is 0.499. The highest BCUT2D eigenvalue weighted by molar-refractivity contribution is 7.99. The minimum Gasteiger partial charge on any atom is -0.336 e. The highest BCUT2D eigenvalue weighted by Crippen LogP contribution is 2.26. The molecule has 86 valence electrons. The third kappa shape index (κ3) is 2.21. The third-order valence-electron chi connectivity index (χ3n) is 2.13. The number of aromatic nitrogens is 4. The Hall–Kier alpha value is -2.07. The average molecular weight is 246 g/mol. The molecule has 6 nitrogen and oxygen atoms in total. The van der Waals surface area contributed by atoms with Crippen LogP contribution in [0.25, 0.3) is 0 Å². The van der Waals surface area contributed by atoms with Crippen molar-refractivity contribution < 1.29 is 0 Å². The van der Waals surface area contributed by atoms with E-state index in [0.717, 1.165) is 0 Å². The number of nitrogens with two attached hydrogens (primary N) is 1. The average Bonchev–Trinajstić information content (AvgIpc) is 2.71. The quantitative estimate of drug-likeness (QED) is 0.811. The molecule has 0 aliphatic carbocycles. The molecule has 0 amide bonds. The first-order valence-electron chi connectivity index (χ1n) is 4.98. The van der Waals surface area contributed by atoms with Crippen LogP contribution in [0.2, 0.25) is 0 Å². The van der Waals surface area contributed by atoms with Gasteiger partial charge in [0.25, 0.3) is 0 Å². The van der Waals surface area contributed by atoms with Gasteiger partial charge < -0.3 is 5.84 Å². The van der Waals surface area contributed by atoms with Crippen molar-refractivity contribution in [1.82, 2.24) is 19.9 Å². The minimum absolute atomic E-state index is 0.499. The van der Waals surface area contributed by atoms with Gasteiger partial charge >= 0.3 is 0 Å². The smallest absolute Gasteiger partial charge is 0.216 e. The molecule has 0 saturated carbocycles. The summed E-state index contributed by atoms with van der Waals surface area (Å²) in [6.45, 7) is 1.95. The number of pyridine rings is 1. The number of nitrogen functional groups attached to an aromatic ring is 1. The first kappa shape index (κ1) is 11.4. The maximum absolute atomic E-state index is 8.94. The van der Waals surface area contributed by atoms with E-state index in [0.29, 0.717) is 28.0 Å². The predicted molar refractivity (Wildman–Crippen MR) is 62.6 cm³/mol. The van der Waals surface area contributed by atoms with Crippen molar-refractivity contribution >= 4 is 11.8 Å². The number of hydrogen-bond donors (Lipinski definition) is 1. The molecule has 0 saturated heterocycles. The Morgan fingerprint density at radius 2 is 2.35 bits per heavy atom. The van der Waals surface area contributed by atoms with E-state index in [9.17, 15) is 0 Å². The number of rotatable bonds is 3. The van der Waals surface area contributed by atoms with Crippen LogP contribution in [-0.2, 0) is 6.42 Å². The molecule has 7 heteroatoms. The molecule has 0 atom stereocenters. The first-order valence-corrected chi connectivity index (χ1v) is 5.80. The van der Waals surface area contributed by atoms with Crippen LogP contribution in [0.5, 0.6) is 0 Å². The van der Waals surface area contributed by atoms with E-state index in [1.165, 1.54) is 16.4 Å². The Morgan fingerprint density at radius 1 is 1.53 bits per heavy atom. The second-order valence-corrected chi connectivity index (χ2v) is 4.15. The van der Waals surface area contributed by atoms with Crippen LogP contribution < -0.4 is 5.84 Å². The Bertz CT molecular complexity index is 570. The van der Waals surface area contributed by atoms with Crippen molar-refractivity contribution in [2.24, 2.45) is 0 Å². The summed E-state index contributed by atoms with van der Waals surface area (Å²) in [6.07, 6.45) is 2.33. The fourth-order valence-corrected chi connectivity index (χ4v) is 2.06. The van der Waals surface area contributed by atoms with Crippen molar-refractivity contribution in [3.63, 3.8) is 0 Å². The summed E-state index contributed by atoms with van der Waals surface area (Å²) in [5, 5.41) is 17.9. The maximum Gasteiger partial charge on any atom is 0.216 e. The van der Waals surface area contributed by atoms with Gasteiger partial charge in [0.1, 0.15) is 11.1 Å². The zero-order chi connectivity index (χ0) is 12.3. The molecule has 2 N–H and O–H groups in total. The molecule has 0 bridgehead atoms. The lowest BCUT2D eigenvalue weighted by atomic mass is 10.3. The fraction of sp³-hybridized carbons (Fsp3) is 0.200. The number of hydrogen-bond acceptors (Lipinski definition) is 6. The second kappa shape index (κ2) is 4.84. The van der Waals surface area contributed by atoms with E-state index in [1.807, 2.05) is 6.92 Å². The summed E-state index contributed by atoms with van der Waals surface area (Å²) in [5.74, 6) is 6.51. The van der Waals surface area contributed by atoms with E-state index in [1.54, 1.807) is 18.3 Å². The molecular formula is C10H10N6S. The molecule has 2 rings (SSSR count). The number of nitriles is 1. The molecule has 0 aromatic carbocycles. The van der Waals surface area contributed by atoms with Crippen LogP contribution in [0.3, 0.4) is 0 Å². The summed E-state index contributed by atoms with van der Waals surface area (Å²) in [5.41, 5.74) is 0.499. The summed E-state index contributed by atoms with van der Waals surface area (Å²) < 4.78 is 1.42. The van der Waals surface area contributed by atoms with E-state index in [4.69, 9.17) is 11.1 Å². The largest absolute Gasteiger partial charge is 0.336 e. The van der Waals surface area contributed by atoms with Crippen LogP contribution in [0.4, 0.5) is 0 Å². The van der Waals surface area contributed by atoms with Gasteiger partial charge in [-0.3, -0.25) is 0 Å². The van der Waals surface area contributed by atoms with E-state index >= 15 is 0 Å². The van der Waals surface area contributed by atoms with Crippen molar-refractivity contribution in [3.05, 3.63) is 29.7 Å². The van der Waals surface area contributed by atoms with Gasteiger partial charge in [-0.25, -0.2) is 9.66 Å². The van der Waals surface area contributed by atoms with Gasteiger partial charge in [0.2, 0.25) is 5.16 Å². The van der Waals surface area contributed by atoms with Gasteiger partial charge in [-0.15, -0.1) is 10.2 Å². The SMILES string of the molecule is CCc1nnc(Sc2ncccc2C#N)n1N. The highest BCUT2D eigenvalue weighted by atomic mass is 32.2. The van der Waals surface area contributed by atoms with Gasteiger partial charge in [0.05, 0.1) is 5.56 Å². The lowest BCUT2D eigenvalue weighted by Gasteiger charge is -2.02. The van der Waals surface area contributed by atoms with Crippen molar-refractivity contribution in [1.29, 1.82) is 5.26 Å². The summed E-state index contributed by atoms with van der Waals surface area (Å²) >= 11 is 1.23. The number of aryl methyl sites for hydroxylation is 1. The summed E-state index contributed by atoms with van der Waals surface area (Å²) in [7, 11) is 0. The normalized spacial score (nSPS) is 10.1. The second-order valence-electron chi connectivity index (χ2n) is 3.19. The monoisotopic (exact) mass is 246 g/mol. The Balaban J connectivity index is 2.32. The first-order chi connectivity index (χ1) is 8.26. The molecule has 0 unspecified atom stereocenters. The molecule has 0 fully saturated rings. The molecule has 0 radical (unpaired) electrons. The molecule has 0 aliphatic rings. The summed E-state index contributed by atoms with van der Waals surface area (Å²) in [4.78, 5) is 4.12. The van der Waals surface area contributed by atoms with E-state index in [-0.39, 0.29) is 0 Å². The van der Waals surface area contributed by atoms with Crippen LogP contribution in [0.15, 0.2) is 28.5 Å².